The molecular formula is C17H22O. The standard InChI is InChI=1S/C17H22O/c1-4-13-14-8-6-5-7-12(14)9-15-16(13)10-18-17(15)11(2)3/h5-8,11,15,17H,4,9-10H2,1-3H3/t15?,17-/m0/s1. The summed E-state index contributed by atoms with van der Waals surface area (Å²) in [6.07, 6.45) is 2.70. The van der Waals surface area contributed by atoms with E-state index in [1.165, 1.54) is 11.1 Å². The molecule has 0 saturated carbocycles. The van der Waals surface area contributed by atoms with E-state index in [0.29, 0.717) is 17.9 Å². The number of rotatable bonds is 2. The summed E-state index contributed by atoms with van der Waals surface area (Å²) in [5.74, 6) is 1.23. The lowest BCUT2D eigenvalue weighted by atomic mass is 9.75. The summed E-state index contributed by atoms with van der Waals surface area (Å²) in [5.41, 5.74) is 6.11. The van der Waals surface area contributed by atoms with Crippen LogP contribution in [0.4, 0.5) is 0 Å². The summed E-state index contributed by atoms with van der Waals surface area (Å²) >= 11 is 0. The van der Waals surface area contributed by atoms with Crippen LogP contribution < -0.4 is 0 Å². The molecule has 0 N–H and O–H groups in total. The van der Waals surface area contributed by atoms with E-state index in [4.69, 9.17) is 4.74 Å². The number of fused-ring (bicyclic) bond motifs is 2. The normalized spacial score (nSPS) is 26.4. The summed E-state index contributed by atoms with van der Waals surface area (Å²) in [4.78, 5) is 0. The van der Waals surface area contributed by atoms with Crippen molar-refractivity contribution in [3.63, 3.8) is 0 Å². The monoisotopic (exact) mass is 242 g/mol. The van der Waals surface area contributed by atoms with E-state index in [-0.39, 0.29) is 0 Å². The third-order valence-electron chi connectivity index (χ3n) is 4.46. The maximum atomic E-state index is 6.07. The van der Waals surface area contributed by atoms with Gasteiger partial charge < -0.3 is 4.74 Å². The van der Waals surface area contributed by atoms with Gasteiger partial charge >= 0.3 is 0 Å². The minimum atomic E-state index is 0.412. The number of benzene rings is 1. The van der Waals surface area contributed by atoms with E-state index in [9.17, 15) is 0 Å². The summed E-state index contributed by atoms with van der Waals surface area (Å²) in [6, 6.07) is 8.89. The van der Waals surface area contributed by atoms with E-state index < -0.39 is 0 Å². The van der Waals surface area contributed by atoms with E-state index in [1.807, 2.05) is 0 Å². The van der Waals surface area contributed by atoms with Crippen LogP contribution in [0.3, 0.4) is 0 Å². The fourth-order valence-electron chi connectivity index (χ4n) is 3.63. The average Bonchev–Trinajstić information content (AvgIpc) is 2.79. The smallest absolute Gasteiger partial charge is 0.0690 e. The van der Waals surface area contributed by atoms with Gasteiger partial charge in [-0.15, -0.1) is 0 Å². The highest BCUT2D eigenvalue weighted by Crippen LogP contribution is 2.43. The molecule has 2 aliphatic rings. The largest absolute Gasteiger partial charge is 0.373 e. The molecule has 1 aromatic carbocycles. The Hall–Kier alpha value is -1.08. The lowest BCUT2D eigenvalue weighted by Crippen LogP contribution is -2.27. The molecule has 0 bridgehead atoms. The van der Waals surface area contributed by atoms with Crippen LogP contribution in [-0.2, 0) is 11.2 Å². The molecule has 18 heavy (non-hydrogen) atoms. The average molecular weight is 242 g/mol. The van der Waals surface area contributed by atoms with Gasteiger partial charge in [0.05, 0.1) is 12.7 Å². The van der Waals surface area contributed by atoms with Gasteiger partial charge in [0, 0.05) is 5.92 Å². The van der Waals surface area contributed by atoms with Crippen molar-refractivity contribution in [1.29, 1.82) is 0 Å². The van der Waals surface area contributed by atoms with Gasteiger partial charge in [-0.05, 0) is 41.0 Å². The Bertz CT molecular complexity index is 484. The molecule has 1 heteroatoms. The molecule has 1 aliphatic heterocycles. The molecule has 0 spiro atoms. The van der Waals surface area contributed by atoms with E-state index in [1.54, 1.807) is 11.1 Å². The fraction of sp³-hybridized carbons (Fsp3) is 0.529. The summed E-state index contributed by atoms with van der Waals surface area (Å²) in [6.45, 7) is 7.68. The molecule has 96 valence electrons. The molecule has 1 aliphatic carbocycles. The van der Waals surface area contributed by atoms with E-state index in [0.717, 1.165) is 19.4 Å². The molecule has 0 radical (unpaired) electrons. The number of hydrogen-bond donors (Lipinski definition) is 0. The summed E-state index contributed by atoms with van der Waals surface area (Å²) in [7, 11) is 0. The van der Waals surface area contributed by atoms with Gasteiger partial charge in [-0.2, -0.15) is 0 Å². The number of ether oxygens (including phenoxy) is 1. The van der Waals surface area contributed by atoms with Crippen LogP contribution in [0.25, 0.3) is 5.57 Å². The van der Waals surface area contributed by atoms with Crippen LogP contribution in [0, 0.1) is 11.8 Å². The Morgan fingerprint density at radius 3 is 2.78 bits per heavy atom. The second-order valence-electron chi connectivity index (χ2n) is 5.84. The molecule has 0 amide bonds. The van der Waals surface area contributed by atoms with Crippen molar-refractivity contribution in [1.82, 2.24) is 0 Å². The minimum Gasteiger partial charge on any atom is -0.373 e. The van der Waals surface area contributed by atoms with Crippen LogP contribution in [0.1, 0.15) is 38.3 Å². The van der Waals surface area contributed by atoms with Crippen molar-refractivity contribution in [2.45, 2.75) is 39.7 Å². The zero-order valence-corrected chi connectivity index (χ0v) is 11.6. The van der Waals surface area contributed by atoms with Gasteiger partial charge in [0.1, 0.15) is 0 Å². The van der Waals surface area contributed by atoms with Crippen LogP contribution >= 0.6 is 0 Å². The zero-order chi connectivity index (χ0) is 12.7. The first-order chi connectivity index (χ1) is 8.72. The second kappa shape index (κ2) is 4.55. The van der Waals surface area contributed by atoms with Gasteiger partial charge in [0.15, 0.2) is 0 Å². The number of allylic oxidation sites excluding steroid dienone is 1. The Balaban J connectivity index is 2.08. The third-order valence-corrected chi connectivity index (χ3v) is 4.46. The maximum absolute atomic E-state index is 6.07. The Kier molecular flexibility index (Phi) is 3.03. The molecule has 1 unspecified atom stereocenters. The molecule has 1 nitrogen and oxygen atoms in total. The highest BCUT2D eigenvalue weighted by molar-refractivity contribution is 5.74. The van der Waals surface area contributed by atoms with Crippen LogP contribution in [0.15, 0.2) is 29.8 Å². The van der Waals surface area contributed by atoms with E-state index >= 15 is 0 Å². The molecule has 0 aromatic heterocycles. The minimum absolute atomic E-state index is 0.412. The Morgan fingerprint density at radius 2 is 2.06 bits per heavy atom. The van der Waals surface area contributed by atoms with Gasteiger partial charge in [-0.1, -0.05) is 45.0 Å². The first-order valence-electron chi connectivity index (χ1n) is 7.14. The highest BCUT2D eigenvalue weighted by Gasteiger charge is 2.38. The molecule has 3 rings (SSSR count). The van der Waals surface area contributed by atoms with Gasteiger partial charge in [0.2, 0.25) is 0 Å². The summed E-state index contributed by atoms with van der Waals surface area (Å²) in [5, 5.41) is 0. The molecule has 1 heterocycles. The van der Waals surface area contributed by atoms with Crippen molar-refractivity contribution in [2.24, 2.45) is 11.8 Å². The van der Waals surface area contributed by atoms with Gasteiger partial charge in [-0.25, -0.2) is 0 Å². The molecular weight excluding hydrogens is 220 g/mol. The zero-order valence-electron chi connectivity index (χ0n) is 11.6. The Morgan fingerprint density at radius 1 is 1.28 bits per heavy atom. The van der Waals surface area contributed by atoms with Crippen LogP contribution in [0.2, 0.25) is 0 Å². The first kappa shape index (κ1) is 12.0. The van der Waals surface area contributed by atoms with Crippen molar-refractivity contribution >= 4 is 5.57 Å². The number of hydrogen-bond acceptors (Lipinski definition) is 1. The van der Waals surface area contributed by atoms with Crippen molar-refractivity contribution in [3.05, 3.63) is 41.0 Å². The lowest BCUT2D eigenvalue weighted by molar-refractivity contribution is 0.0542. The van der Waals surface area contributed by atoms with Gasteiger partial charge in [0.25, 0.3) is 0 Å². The summed E-state index contributed by atoms with van der Waals surface area (Å²) < 4.78 is 6.07. The highest BCUT2D eigenvalue weighted by atomic mass is 16.5. The quantitative estimate of drug-likeness (QED) is 0.759. The van der Waals surface area contributed by atoms with Crippen molar-refractivity contribution in [3.8, 4) is 0 Å². The topological polar surface area (TPSA) is 9.23 Å². The third kappa shape index (κ3) is 1.73. The second-order valence-corrected chi connectivity index (χ2v) is 5.84. The van der Waals surface area contributed by atoms with Crippen molar-refractivity contribution in [2.75, 3.05) is 6.61 Å². The molecule has 2 atom stereocenters. The molecule has 1 fully saturated rings. The van der Waals surface area contributed by atoms with Crippen molar-refractivity contribution < 1.29 is 4.74 Å². The maximum Gasteiger partial charge on any atom is 0.0690 e. The fourth-order valence-corrected chi connectivity index (χ4v) is 3.63. The van der Waals surface area contributed by atoms with Crippen LogP contribution in [-0.4, -0.2) is 12.7 Å². The lowest BCUT2D eigenvalue weighted by Gasteiger charge is -2.29. The SMILES string of the molecule is CCC1=C2CO[C@@H](C(C)C)C2Cc2ccccc21. The molecule has 1 aromatic rings. The first-order valence-corrected chi connectivity index (χ1v) is 7.14. The van der Waals surface area contributed by atoms with Crippen LogP contribution in [0.5, 0.6) is 0 Å². The van der Waals surface area contributed by atoms with E-state index in [2.05, 4.69) is 45.0 Å². The predicted octanol–water partition coefficient (Wildman–Crippen LogP) is 4.08. The Labute approximate surface area is 110 Å². The van der Waals surface area contributed by atoms with Gasteiger partial charge in [-0.3, -0.25) is 0 Å². The predicted molar refractivity (Wildman–Crippen MR) is 75.4 cm³/mol. The molecule has 1 saturated heterocycles.